The minimum absolute atomic E-state index is 0.00911. The number of halogens is 1. The van der Waals surface area contributed by atoms with Gasteiger partial charge in [0.1, 0.15) is 11.9 Å². The SMILES string of the molecule is O=c1c(I)cncn1CC1Cc2ccccc2O1. The summed E-state index contributed by atoms with van der Waals surface area (Å²) in [5.74, 6) is 0.925. The first kappa shape index (κ1) is 11.7. The highest BCUT2D eigenvalue weighted by Crippen LogP contribution is 2.28. The molecule has 0 radical (unpaired) electrons. The Hall–Kier alpha value is -1.37. The Kier molecular flexibility index (Phi) is 3.07. The second-order valence-corrected chi connectivity index (χ2v) is 5.41. The molecule has 1 atom stereocenters. The van der Waals surface area contributed by atoms with Gasteiger partial charge in [-0.1, -0.05) is 18.2 Å². The molecule has 0 spiro atoms. The fourth-order valence-corrected chi connectivity index (χ4v) is 2.60. The largest absolute Gasteiger partial charge is 0.488 e. The molecule has 1 aliphatic heterocycles. The topological polar surface area (TPSA) is 44.1 Å². The van der Waals surface area contributed by atoms with Crippen molar-refractivity contribution in [1.29, 1.82) is 0 Å². The lowest BCUT2D eigenvalue weighted by Crippen LogP contribution is -2.30. The maximum absolute atomic E-state index is 11.9. The van der Waals surface area contributed by atoms with Crippen molar-refractivity contribution in [2.24, 2.45) is 0 Å². The second-order valence-electron chi connectivity index (χ2n) is 4.25. The van der Waals surface area contributed by atoms with Gasteiger partial charge in [0.2, 0.25) is 0 Å². The van der Waals surface area contributed by atoms with Crippen LogP contribution in [0.5, 0.6) is 5.75 Å². The van der Waals surface area contributed by atoms with E-state index in [0.29, 0.717) is 10.1 Å². The van der Waals surface area contributed by atoms with Crippen molar-refractivity contribution in [2.75, 3.05) is 0 Å². The average Bonchev–Trinajstić information content (AvgIpc) is 2.77. The van der Waals surface area contributed by atoms with Crippen LogP contribution < -0.4 is 10.3 Å². The lowest BCUT2D eigenvalue weighted by molar-refractivity contribution is 0.207. The Bertz CT molecular complexity index is 614. The molecule has 0 saturated heterocycles. The molecule has 1 unspecified atom stereocenters. The summed E-state index contributed by atoms with van der Waals surface area (Å²) in [6, 6.07) is 7.99. The normalized spacial score (nSPS) is 17.3. The molecule has 2 aromatic rings. The summed E-state index contributed by atoms with van der Waals surface area (Å²) in [4.78, 5) is 15.9. The fourth-order valence-electron chi connectivity index (χ4n) is 2.13. The van der Waals surface area contributed by atoms with E-state index in [1.807, 2.05) is 40.8 Å². The zero-order chi connectivity index (χ0) is 12.5. The number of fused-ring (bicyclic) bond motifs is 1. The summed E-state index contributed by atoms with van der Waals surface area (Å²) in [5, 5.41) is 0. The minimum Gasteiger partial charge on any atom is -0.488 e. The lowest BCUT2D eigenvalue weighted by Gasteiger charge is -2.12. The van der Waals surface area contributed by atoms with E-state index in [1.54, 1.807) is 17.1 Å². The van der Waals surface area contributed by atoms with Gasteiger partial charge in [0.05, 0.1) is 16.4 Å². The van der Waals surface area contributed by atoms with Crippen LogP contribution in [0, 0.1) is 3.57 Å². The Morgan fingerprint density at radius 2 is 2.28 bits per heavy atom. The van der Waals surface area contributed by atoms with E-state index in [-0.39, 0.29) is 11.7 Å². The van der Waals surface area contributed by atoms with Crippen LogP contribution in [0.3, 0.4) is 0 Å². The number of aromatic nitrogens is 2. The van der Waals surface area contributed by atoms with Gasteiger partial charge in [-0.2, -0.15) is 0 Å². The van der Waals surface area contributed by atoms with Gasteiger partial charge in [-0.3, -0.25) is 9.36 Å². The zero-order valence-corrected chi connectivity index (χ0v) is 11.7. The van der Waals surface area contributed by atoms with E-state index in [0.717, 1.165) is 12.2 Å². The third-order valence-corrected chi connectivity index (χ3v) is 3.71. The highest BCUT2D eigenvalue weighted by molar-refractivity contribution is 14.1. The van der Waals surface area contributed by atoms with Gasteiger partial charge in [-0.25, -0.2) is 4.98 Å². The quantitative estimate of drug-likeness (QED) is 0.774. The van der Waals surface area contributed by atoms with Crippen LogP contribution in [-0.2, 0) is 13.0 Å². The molecule has 0 saturated carbocycles. The molecular formula is C13H11IN2O2. The Labute approximate surface area is 118 Å². The van der Waals surface area contributed by atoms with E-state index in [4.69, 9.17) is 4.74 Å². The van der Waals surface area contributed by atoms with E-state index < -0.39 is 0 Å². The van der Waals surface area contributed by atoms with Gasteiger partial charge in [0.25, 0.3) is 5.56 Å². The molecule has 0 bridgehead atoms. The van der Waals surface area contributed by atoms with Crippen LogP contribution >= 0.6 is 22.6 Å². The lowest BCUT2D eigenvalue weighted by atomic mass is 10.1. The minimum atomic E-state index is -0.00911. The van der Waals surface area contributed by atoms with E-state index in [2.05, 4.69) is 11.1 Å². The van der Waals surface area contributed by atoms with E-state index in [1.165, 1.54) is 5.56 Å². The summed E-state index contributed by atoms with van der Waals surface area (Å²) in [6.45, 7) is 0.539. The number of para-hydroxylation sites is 1. The number of hydrogen-bond acceptors (Lipinski definition) is 3. The molecule has 1 aromatic carbocycles. The van der Waals surface area contributed by atoms with Gasteiger partial charge in [-0.05, 0) is 34.2 Å². The first-order valence-corrected chi connectivity index (χ1v) is 6.76. The first-order valence-electron chi connectivity index (χ1n) is 5.68. The van der Waals surface area contributed by atoms with Crippen LogP contribution in [0.4, 0.5) is 0 Å². The molecule has 4 nitrogen and oxygen atoms in total. The van der Waals surface area contributed by atoms with Gasteiger partial charge >= 0.3 is 0 Å². The summed E-state index contributed by atoms with van der Waals surface area (Å²) in [7, 11) is 0. The van der Waals surface area contributed by atoms with Gasteiger partial charge in [0.15, 0.2) is 0 Å². The van der Waals surface area contributed by atoms with Gasteiger partial charge < -0.3 is 4.74 Å². The molecule has 1 aromatic heterocycles. The number of nitrogens with zero attached hydrogens (tertiary/aromatic N) is 2. The van der Waals surface area contributed by atoms with Crippen LogP contribution in [0.15, 0.2) is 41.6 Å². The van der Waals surface area contributed by atoms with Crippen molar-refractivity contribution in [2.45, 2.75) is 19.1 Å². The van der Waals surface area contributed by atoms with Gasteiger partial charge in [0, 0.05) is 12.6 Å². The molecule has 0 amide bonds. The molecule has 0 fully saturated rings. The van der Waals surface area contributed by atoms with E-state index >= 15 is 0 Å². The molecule has 18 heavy (non-hydrogen) atoms. The molecule has 1 aliphatic rings. The van der Waals surface area contributed by atoms with Crippen molar-refractivity contribution < 1.29 is 4.74 Å². The molecule has 2 heterocycles. The predicted octanol–water partition coefficient (Wildman–Crippen LogP) is 1.85. The summed E-state index contributed by atoms with van der Waals surface area (Å²) in [5.41, 5.74) is 1.19. The highest BCUT2D eigenvalue weighted by atomic mass is 127. The molecular weight excluding hydrogens is 343 g/mol. The van der Waals surface area contributed by atoms with Gasteiger partial charge in [-0.15, -0.1) is 0 Å². The smallest absolute Gasteiger partial charge is 0.266 e. The molecule has 92 valence electrons. The number of hydrogen-bond donors (Lipinski definition) is 0. The van der Waals surface area contributed by atoms with Crippen molar-refractivity contribution in [3.8, 4) is 5.75 Å². The molecule has 5 heteroatoms. The first-order chi connectivity index (χ1) is 8.74. The Morgan fingerprint density at radius 1 is 1.44 bits per heavy atom. The monoisotopic (exact) mass is 354 g/mol. The van der Waals surface area contributed by atoms with Crippen LogP contribution in [-0.4, -0.2) is 15.7 Å². The maximum atomic E-state index is 11.9. The maximum Gasteiger partial charge on any atom is 0.266 e. The highest BCUT2D eigenvalue weighted by Gasteiger charge is 2.23. The summed E-state index contributed by atoms with van der Waals surface area (Å²) >= 11 is 2.00. The standard InChI is InChI=1S/C13H11IN2O2/c14-11-6-15-8-16(13(11)17)7-10-5-9-3-1-2-4-12(9)18-10/h1-4,6,8,10H,5,7H2. The van der Waals surface area contributed by atoms with Crippen LogP contribution in [0.1, 0.15) is 5.56 Å². The fraction of sp³-hybridized carbons (Fsp3) is 0.231. The number of benzene rings is 1. The average molecular weight is 354 g/mol. The number of rotatable bonds is 2. The Balaban J connectivity index is 1.80. The van der Waals surface area contributed by atoms with E-state index in [9.17, 15) is 4.79 Å². The van der Waals surface area contributed by atoms with Crippen molar-refractivity contribution in [3.05, 3.63) is 56.3 Å². The third kappa shape index (κ3) is 2.14. The van der Waals surface area contributed by atoms with Crippen LogP contribution in [0.25, 0.3) is 0 Å². The summed E-state index contributed by atoms with van der Waals surface area (Å²) < 4.78 is 8.06. The molecule has 3 rings (SSSR count). The molecule has 0 N–H and O–H groups in total. The predicted molar refractivity (Wildman–Crippen MR) is 75.8 cm³/mol. The van der Waals surface area contributed by atoms with Crippen molar-refractivity contribution in [3.63, 3.8) is 0 Å². The zero-order valence-electron chi connectivity index (χ0n) is 9.54. The summed E-state index contributed by atoms with van der Waals surface area (Å²) in [6.07, 6.45) is 3.99. The second kappa shape index (κ2) is 4.72. The van der Waals surface area contributed by atoms with Crippen molar-refractivity contribution in [1.82, 2.24) is 9.55 Å². The third-order valence-electron chi connectivity index (χ3n) is 2.97. The molecule has 0 aliphatic carbocycles. The van der Waals surface area contributed by atoms with Crippen LogP contribution in [0.2, 0.25) is 0 Å². The Morgan fingerprint density at radius 3 is 3.11 bits per heavy atom. The number of ether oxygens (including phenoxy) is 1. The van der Waals surface area contributed by atoms with Crippen molar-refractivity contribution >= 4 is 22.6 Å².